The number of pyridine rings is 1. The first-order valence-electron chi connectivity index (χ1n) is 11.8. The molecule has 0 unspecified atom stereocenters. The Labute approximate surface area is 200 Å². The minimum atomic E-state index is -0.276. The Morgan fingerprint density at radius 2 is 1.62 bits per heavy atom. The number of ether oxygens (including phenoxy) is 1. The summed E-state index contributed by atoms with van der Waals surface area (Å²) in [5, 5.41) is 5.25. The minimum Gasteiger partial charge on any atom is -0.487 e. The molecule has 2 aromatic carbocycles. The summed E-state index contributed by atoms with van der Waals surface area (Å²) in [5.41, 5.74) is 2.19. The average Bonchev–Trinajstić information content (AvgIpc) is 2.87. The molecule has 2 heterocycles. The molecule has 0 atom stereocenters. The highest BCUT2D eigenvalue weighted by Gasteiger charge is 2.36. The minimum absolute atomic E-state index is 0.125. The molecule has 0 saturated carbocycles. The highest BCUT2D eigenvalue weighted by atomic mass is 16.5. The summed E-state index contributed by atoms with van der Waals surface area (Å²) in [7, 11) is 1.86. The van der Waals surface area contributed by atoms with Crippen LogP contribution in [0.5, 0.6) is 5.75 Å². The Bertz CT molecular complexity index is 1110. The number of likely N-dealkylation sites (N-methyl/N-ethyl adjacent to an activating group) is 1. The van der Waals surface area contributed by atoms with E-state index in [0.717, 1.165) is 24.0 Å². The largest absolute Gasteiger partial charge is 0.487 e. The monoisotopic (exact) mass is 460 g/mol. The molecule has 0 spiro atoms. The summed E-state index contributed by atoms with van der Waals surface area (Å²) in [5.74, 6) is -0.0736. The van der Waals surface area contributed by atoms with E-state index in [1.165, 1.54) is 6.07 Å². The number of carbonyl (C=O) groups is 1. The Morgan fingerprint density at radius 1 is 0.971 bits per heavy atom. The summed E-state index contributed by atoms with van der Waals surface area (Å²) in [6, 6.07) is 21.7. The van der Waals surface area contributed by atoms with Crippen LogP contribution in [0.25, 0.3) is 0 Å². The van der Waals surface area contributed by atoms with Crippen molar-refractivity contribution in [3.05, 3.63) is 100.0 Å². The van der Waals surface area contributed by atoms with Gasteiger partial charge in [-0.15, -0.1) is 0 Å². The quantitative estimate of drug-likeness (QED) is 0.470. The zero-order valence-electron chi connectivity index (χ0n) is 19.8. The van der Waals surface area contributed by atoms with Gasteiger partial charge in [0.2, 0.25) is 5.43 Å². The van der Waals surface area contributed by atoms with Gasteiger partial charge in [-0.05, 0) is 24.6 Å². The van der Waals surface area contributed by atoms with Gasteiger partial charge >= 0.3 is 0 Å². The van der Waals surface area contributed by atoms with Crippen LogP contribution in [0, 0.1) is 0 Å². The van der Waals surface area contributed by atoms with Gasteiger partial charge in [0.1, 0.15) is 6.67 Å². The number of hydrogen-bond acceptors (Lipinski definition) is 5. The number of rotatable bonds is 10. The molecule has 0 saturated heterocycles. The van der Waals surface area contributed by atoms with Gasteiger partial charge in [-0.3, -0.25) is 19.3 Å². The van der Waals surface area contributed by atoms with Crippen LogP contribution >= 0.6 is 0 Å². The van der Waals surface area contributed by atoms with Gasteiger partial charge in [-0.2, -0.15) is 0 Å². The lowest BCUT2D eigenvalue weighted by Crippen LogP contribution is -2.56. The molecule has 7 nitrogen and oxygen atoms in total. The number of nitrogens with one attached hydrogen (secondary N) is 1. The van der Waals surface area contributed by atoms with E-state index < -0.39 is 0 Å². The predicted octanol–water partition coefficient (Wildman–Crippen LogP) is 3.39. The van der Waals surface area contributed by atoms with Gasteiger partial charge < -0.3 is 15.0 Å². The maximum atomic E-state index is 13.6. The molecular formula is C27H32N4O3. The van der Waals surface area contributed by atoms with Crippen LogP contribution in [0.4, 0.5) is 0 Å². The summed E-state index contributed by atoms with van der Waals surface area (Å²) in [4.78, 5) is 28.2. The summed E-state index contributed by atoms with van der Waals surface area (Å²) < 4.78 is 7.73. The third-order valence-corrected chi connectivity index (χ3v) is 6.02. The second-order valence-corrected chi connectivity index (χ2v) is 8.38. The SMILES string of the molecule is CCCCOc1c2n(ccc1=O)N(C(c1ccccc1)c1ccccc1)CN(CCNC)C2=O. The van der Waals surface area contributed by atoms with Crippen molar-refractivity contribution in [3.63, 3.8) is 0 Å². The van der Waals surface area contributed by atoms with Crippen molar-refractivity contribution in [2.45, 2.75) is 25.8 Å². The van der Waals surface area contributed by atoms with Gasteiger partial charge in [0, 0.05) is 25.4 Å². The molecule has 1 aliphatic heterocycles. The molecule has 3 aromatic rings. The third kappa shape index (κ3) is 4.84. The van der Waals surface area contributed by atoms with Gasteiger partial charge in [0.25, 0.3) is 5.91 Å². The fraction of sp³-hybridized carbons (Fsp3) is 0.333. The number of benzene rings is 2. The van der Waals surface area contributed by atoms with E-state index >= 15 is 0 Å². The molecule has 1 aromatic heterocycles. The normalized spacial score (nSPS) is 13.3. The standard InChI is InChI=1S/C27H32N4O3/c1-3-4-19-34-26-23(32)15-17-30-25(26)27(33)29(18-16-28-2)20-31(30)24(21-11-7-5-8-12-21)22-13-9-6-10-14-22/h5-15,17,24,28H,3-4,16,18-20H2,1-2H3. The van der Waals surface area contributed by atoms with Gasteiger partial charge in [-0.25, -0.2) is 0 Å². The van der Waals surface area contributed by atoms with Crippen molar-refractivity contribution in [2.24, 2.45) is 0 Å². The molecule has 1 N–H and O–H groups in total. The van der Waals surface area contributed by atoms with Crippen molar-refractivity contribution < 1.29 is 9.53 Å². The molecule has 7 heteroatoms. The summed E-state index contributed by atoms with van der Waals surface area (Å²) >= 11 is 0. The first-order valence-corrected chi connectivity index (χ1v) is 11.8. The molecule has 1 aliphatic rings. The third-order valence-electron chi connectivity index (χ3n) is 6.02. The number of fused-ring (bicyclic) bond motifs is 1. The van der Waals surface area contributed by atoms with E-state index in [4.69, 9.17) is 4.74 Å². The summed E-state index contributed by atoms with van der Waals surface area (Å²) in [6.45, 7) is 3.99. The molecule has 34 heavy (non-hydrogen) atoms. The number of unbranched alkanes of at least 4 members (excludes halogenated alkanes) is 1. The van der Waals surface area contributed by atoms with E-state index in [1.54, 1.807) is 11.1 Å². The van der Waals surface area contributed by atoms with Gasteiger partial charge in [-0.1, -0.05) is 74.0 Å². The predicted molar refractivity (Wildman–Crippen MR) is 134 cm³/mol. The number of carbonyl (C=O) groups excluding carboxylic acids is 1. The smallest absolute Gasteiger partial charge is 0.277 e. The van der Waals surface area contributed by atoms with Crippen LogP contribution in [-0.2, 0) is 0 Å². The highest BCUT2D eigenvalue weighted by molar-refractivity contribution is 5.96. The van der Waals surface area contributed by atoms with E-state index in [0.29, 0.717) is 26.4 Å². The molecule has 0 bridgehead atoms. The van der Waals surface area contributed by atoms with Crippen molar-refractivity contribution in [1.29, 1.82) is 0 Å². The van der Waals surface area contributed by atoms with Crippen molar-refractivity contribution in [3.8, 4) is 5.75 Å². The highest BCUT2D eigenvalue weighted by Crippen LogP contribution is 2.32. The molecule has 1 amide bonds. The summed E-state index contributed by atoms with van der Waals surface area (Å²) in [6.07, 6.45) is 3.44. The fourth-order valence-electron chi connectivity index (χ4n) is 4.27. The zero-order chi connectivity index (χ0) is 23.9. The maximum absolute atomic E-state index is 13.6. The van der Waals surface area contributed by atoms with Crippen LogP contribution in [0.15, 0.2) is 77.7 Å². The second kappa shape index (κ2) is 11.0. The first-order chi connectivity index (χ1) is 16.7. The molecule has 0 fully saturated rings. The number of hydrogen-bond donors (Lipinski definition) is 1. The van der Waals surface area contributed by atoms with E-state index in [-0.39, 0.29) is 28.8 Å². The first kappa shape index (κ1) is 23.6. The van der Waals surface area contributed by atoms with Gasteiger partial charge in [0.15, 0.2) is 11.4 Å². The van der Waals surface area contributed by atoms with Crippen LogP contribution in [-0.4, -0.2) is 48.9 Å². The van der Waals surface area contributed by atoms with Crippen LogP contribution in [0.1, 0.15) is 47.4 Å². The van der Waals surface area contributed by atoms with E-state index in [9.17, 15) is 9.59 Å². The van der Waals surface area contributed by atoms with Crippen LogP contribution in [0.2, 0.25) is 0 Å². The van der Waals surface area contributed by atoms with Crippen molar-refractivity contribution in [2.75, 3.05) is 38.4 Å². The zero-order valence-corrected chi connectivity index (χ0v) is 19.8. The number of aromatic nitrogens is 1. The lowest BCUT2D eigenvalue weighted by Gasteiger charge is -2.44. The Morgan fingerprint density at radius 3 is 2.21 bits per heavy atom. The van der Waals surface area contributed by atoms with E-state index in [1.807, 2.05) is 48.1 Å². The topological polar surface area (TPSA) is 66.8 Å². The number of amides is 1. The lowest BCUT2D eigenvalue weighted by atomic mass is 9.98. The van der Waals surface area contributed by atoms with E-state index in [2.05, 4.69) is 41.5 Å². The Hall–Kier alpha value is -3.58. The molecule has 0 aliphatic carbocycles. The number of nitrogens with zero attached hydrogens (tertiary/aromatic N) is 3. The Kier molecular flexibility index (Phi) is 7.65. The van der Waals surface area contributed by atoms with Crippen molar-refractivity contribution >= 4 is 5.91 Å². The molecule has 0 radical (unpaired) electrons. The molecular weight excluding hydrogens is 428 g/mol. The lowest BCUT2D eigenvalue weighted by molar-refractivity contribution is 0.0680. The fourth-order valence-corrected chi connectivity index (χ4v) is 4.27. The average molecular weight is 461 g/mol. The molecule has 4 rings (SSSR count). The van der Waals surface area contributed by atoms with Gasteiger partial charge in [0.05, 0.1) is 12.6 Å². The van der Waals surface area contributed by atoms with Crippen LogP contribution in [0.3, 0.4) is 0 Å². The Balaban J connectivity index is 1.88. The van der Waals surface area contributed by atoms with Crippen LogP contribution < -0.4 is 20.5 Å². The molecule has 178 valence electrons. The van der Waals surface area contributed by atoms with Crippen molar-refractivity contribution in [1.82, 2.24) is 14.9 Å². The second-order valence-electron chi connectivity index (χ2n) is 8.38. The maximum Gasteiger partial charge on any atom is 0.277 e.